The van der Waals surface area contributed by atoms with Crippen LogP contribution < -0.4 is 5.32 Å². The van der Waals surface area contributed by atoms with Gasteiger partial charge in [-0.05, 0) is 24.6 Å². The fraction of sp³-hybridized carbons (Fsp3) is 0.214. The van der Waals surface area contributed by atoms with Gasteiger partial charge in [-0.2, -0.15) is 5.10 Å². The summed E-state index contributed by atoms with van der Waals surface area (Å²) in [5.41, 5.74) is 1.97. The summed E-state index contributed by atoms with van der Waals surface area (Å²) in [7, 11) is 0. The molecule has 0 aliphatic carbocycles. The Labute approximate surface area is 116 Å². The normalized spacial score (nSPS) is 10.3. The maximum atomic E-state index is 11.0. The highest BCUT2D eigenvalue weighted by atomic mass is 16.4. The van der Waals surface area contributed by atoms with E-state index < -0.39 is 5.97 Å². The number of aryl methyl sites for hydroxylation is 1. The summed E-state index contributed by atoms with van der Waals surface area (Å²) >= 11 is 0. The third-order valence-electron chi connectivity index (χ3n) is 2.79. The van der Waals surface area contributed by atoms with Crippen LogP contribution in [0.4, 0.5) is 5.82 Å². The predicted molar refractivity (Wildman–Crippen MR) is 73.8 cm³/mol. The molecule has 6 nitrogen and oxygen atoms in total. The number of carbonyl (C=O) groups is 2. The first-order chi connectivity index (χ1) is 9.45. The fourth-order valence-corrected chi connectivity index (χ4v) is 1.89. The Morgan fingerprint density at radius 1 is 1.35 bits per heavy atom. The van der Waals surface area contributed by atoms with Gasteiger partial charge in [0.05, 0.1) is 12.1 Å². The van der Waals surface area contributed by atoms with Crippen molar-refractivity contribution >= 4 is 17.7 Å². The molecule has 0 bridgehead atoms. The average molecular weight is 273 g/mol. The molecule has 0 unspecified atom stereocenters. The highest BCUT2D eigenvalue weighted by Crippen LogP contribution is 2.12. The van der Waals surface area contributed by atoms with Gasteiger partial charge in [-0.15, -0.1) is 0 Å². The molecular weight excluding hydrogens is 258 g/mol. The van der Waals surface area contributed by atoms with Gasteiger partial charge in [0.1, 0.15) is 0 Å². The monoisotopic (exact) mass is 273 g/mol. The van der Waals surface area contributed by atoms with Crippen molar-refractivity contribution in [2.24, 2.45) is 0 Å². The third-order valence-corrected chi connectivity index (χ3v) is 2.79. The number of rotatable bonds is 4. The predicted octanol–water partition coefficient (Wildman–Crippen LogP) is 1.90. The van der Waals surface area contributed by atoms with E-state index in [2.05, 4.69) is 10.4 Å². The second kappa shape index (κ2) is 5.56. The summed E-state index contributed by atoms with van der Waals surface area (Å²) in [5.74, 6) is -0.644. The number of amides is 1. The van der Waals surface area contributed by atoms with Gasteiger partial charge in [0.25, 0.3) is 0 Å². The first kappa shape index (κ1) is 13.8. The number of aromatic nitrogens is 2. The summed E-state index contributed by atoms with van der Waals surface area (Å²) < 4.78 is 1.71. The van der Waals surface area contributed by atoms with Crippen molar-refractivity contribution in [2.45, 2.75) is 20.4 Å². The molecule has 0 aliphatic heterocycles. The zero-order valence-corrected chi connectivity index (χ0v) is 11.3. The van der Waals surface area contributed by atoms with Gasteiger partial charge in [0.2, 0.25) is 5.91 Å². The van der Waals surface area contributed by atoms with Crippen molar-refractivity contribution in [3.8, 4) is 0 Å². The van der Waals surface area contributed by atoms with E-state index in [9.17, 15) is 9.59 Å². The van der Waals surface area contributed by atoms with E-state index in [1.807, 2.05) is 13.0 Å². The second-order valence-electron chi connectivity index (χ2n) is 4.52. The first-order valence-electron chi connectivity index (χ1n) is 6.10. The van der Waals surface area contributed by atoms with E-state index in [4.69, 9.17) is 5.11 Å². The number of hydrogen-bond donors (Lipinski definition) is 2. The highest BCUT2D eigenvalue weighted by Gasteiger charge is 2.08. The lowest BCUT2D eigenvalue weighted by Crippen LogP contribution is -2.08. The lowest BCUT2D eigenvalue weighted by atomic mass is 10.1. The molecule has 1 amide bonds. The van der Waals surface area contributed by atoms with Crippen LogP contribution >= 0.6 is 0 Å². The van der Waals surface area contributed by atoms with Gasteiger partial charge in [-0.25, -0.2) is 4.79 Å². The summed E-state index contributed by atoms with van der Waals surface area (Å²) in [6.45, 7) is 3.75. The molecular formula is C14H15N3O3. The van der Waals surface area contributed by atoms with Crippen LogP contribution in [-0.4, -0.2) is 26.8 Å². The van der Waals surface area contributed by atoms with Gasteiger partial charge in [0, 0.05) is 18.7 Å². The summed E-state index contributed by atoms with van der Waals surface area (Å²) in [4.78, 5) is 21.9. The Morgan fingerprint density at radius 2 is 2.10 bits per heavy atom. The number of benzene rings is 1. The summed E-state index contributed by atoms with van der Waals surface area (Å²) in [6.07, 6.45) is 0. The lowest BCUT2D eigenvalue weighted by molar-refractivity contribution is -0.114. The quantitative estimate of drug-likeness (QED) is 0.891. The molecule has 0 aliphatic rings. The van der Waals surface area contributed by atoms with Gasteiger partial charge < -0.3 is 10.4 Å². The first-order valence-corrected chi connectivity index (χ1v) is 6.10. The molecule has 0 fully saturated rings. The molecule has 2 rings (SSSR count). The zero-order valence-electron chi connectivity index (χ0n) is 11.3. The van der Waals surface area contributed by atoms with E-state index in [0.717, 1.165) is 11.3 Å². The van der Waals surface area contributed by atoms with Crippen LogP contribution in [0.1, 0.15) is 28.5 Å². The number of aromatic carboxylic acids is 1. The maximum absolute atomic E-state index is 11.0. The van der Waals surface area contributed by atoms with Crippen molar-refractivity contribution in [3.05, 3.63) is 47.2 Å². The van der Waals surface area contributed by atoms with E-state index in [0.29, 0.717) is 12.4 Å². The number of carbonyl (C=O) groups excluding carboxylic acids is 1. The maximum Gasteiger partial charge on any atom is 0.335 e. The molecule has 2 aromatic rings. The van der Waals surface area contributed by atoms with Gasteiger partial charge in [0.15, 0.2) is 5.82 Å². The molecule has 0 saturated heterocycles. The van der Waals surface area contributed by atoms with E-state index in [1.165, 1.54) is 6.92 Å². The van der Waals surface area contributed by atoms with Crippen LogP contribution in [0, 0.1) is 6.92 Å². The average Bonchev–Trinajstić information content (AvgIpc) is 2.69. The highest BCUT2D eigenvalue weighted by molar-refractivity contribution is 5.88. The largest absolute Gasteiger partial charge is 0.478 e. The Balaban J connectivity index is 2.21. The molecule has 0 saturated carbocycles. The van der Waals surface area contributed by atoms with Gasteiger partial charge >= 0.3 is 5.97 Å². The second-order valence-corrected chi connectivity index (χ2v) is 4.52. The van der Waals surface area contributed by atoms with E-state index >= 15 is 0 Å². The fourth-order valence-electron chi connectivity index (χ4n) is 1.89. The number of hydrogen-bond acceptors (Lipinski definition) is 3. The van der Waals surface area contributed by atoms with Crippen molar-refractivity contribution in [2.75, 3.05) is 5.32 Å². The van der Waals surface area contributed by atoms with Gasteiger partial charge in [-0.1, -0.05) is 12.1 Å². The zero-order chi connectivity index (χ0) is 14.7. The van der Waals surface area contributed by atoms with Crippen LogP contribution in [-0.2, 0) is 11.3 Å². The van der Waals surface area contributed by atoms with Crippen molar-refractivity contribution < 1.29 is 14.7 Å². The minimum absolute atomic E-state index is 0.178. The van der Waals surface area contributed by atoms with Crippen LogP contribution in [0.15, 0.2) is 30.3 Å². The lowest BCUT2D eigenvalue weighted by Gasteiger charge is -2.05. The third kappa shape index (κ3) is 3.23. The van der Waals surface area contributed by atoms with E-state index in [1.54, 1.807) is 28.9 Å². The van der Waals surface area contributed by atoms with Crippen molar-refractivity contribution in [3.63, 3.8) is 0 Å². The van der Waals surface area contributed by atoms with Crippen molar-refractivity contribution in [1.82, 2.24) is 9.78 Å². The topological polar surface area (TPSA) is 84.2 Å². The Morgan fingerprint density at radius 3 is 2.75 bits per heavy atom. The number of nitrogens with one attached hydrogen (secondary N) is 1. The van der Waals surface area contributed by atoms with Gasteiger partial charge in [-0.3, -0.25) is 9.48 Å². The molecule has 1 aromatic heterocycles. The summed E-state index contributed by atoms with van der Waals surface area (Å²) in [5, 5.41) is 15.8. The molecule has 0 radical (unpaired) electrons. The smallest absolute Gasteiger partial charge is 0.335 e. The molecule has 2 N–H and O–H groups in total. The number of nitrogens with zero attached hydrogens (tertiary/aromatic N) is 2. The number of anilines is 1. The molecule has 0 atom stereocenters. The Hall–Kier alpha value is -2.63. The summed E-state index contributed by atoms with van der Waals surface area (Å²) in [6, 6.07) is 8.46. The molecule has 20 heavy (non-hydrogen) atoms. The Kier molecular flexibility index (Phi) is 3.84. The molecule has 1 heterocycles. The molecule has 6 heteroatoms. The standard InChI is InChI=1S/C14H15N3O3/c1-9-6-13(15-10(2)18)16-17(9)8-11-4-3-5-12(7-11)14(19)20/h3-7H,8H2,1-2H3,(H,19,20)(H,15,16,18). The Bertz CT molecular complexity index is 661. The van der Waals surface area contributed by atoms with Crippen LogP contribution in [0.25, 0.3) is 0 Å². The van der Waals surface area contributed by atoms with Crippen LogP contribution in [0.3, 0.4) is 0 Å². The minimum atomic E-state index is -0.956. The number of carboxylic acid groups (broad SMARTS) is 1. The minimum Gasteiger partial charge on any atom is -0.478 e. The molecule has 104 valence electrons. The number of carboxylic acids is 1. The van der Waals surface area contributed by atoms with Crippen LogP contribution in [0.2, 0.25) is 0 Å². The van der Waals surface area contributed by atoms with E-state index in [-0.39, 0.29) is 11.5 Å². The van der Waals surface area contributed by atoms with Crippen LogP contribution in [0.5, 0.6) is 0 Å². The SMILES string of the molecule is CC(=O)Nc1cc(C)n(Cc2cccc(C(=O)O)c2)n1. The molecule has 0 spiro atoms. The molecule has 1 aromatic carbocycles. The van der Waals surface area contributed by atoms with Crippen molar-refractivity contribution in [1.29, 1.82) is 0 Å².